The molecule has 3 heterocycles. The van der Waals surface area contributed by atoms with E-state index in [1.54, 1.807) is 17.3 Å². The van der Waals surface area contributed by atoms with Crippen LogP contribution in [0.5, 0.6) is 5.75 Å². The van der Waals surface area contributed by atoms with Gasteiger partial charge in [-0.1, -0.05) is 29.8 Å². The zero-order chi connectivity index (χ0) is 23.4. The third-order valence-electron chi connectivity index (χ3n) is 5.54. The standard InChI is InChI=1S/C25H29ClN4O3/c1-25(2,3)33-24(31)29-10-8-18(9-11-29)20-13-28-30(16-20)21-12-22(15-27-14-21)32-17-19-6-4-5-7-23(19)26/h4-7,12-16,18H,8-11,17H2,1-3H3. The number of hydrogen-bond acceptors (Lipinski definition) is 5. The number of halogens is 1. The number of amides is 1. The Bertz CT molecular complexity index is 1100. The van der Waals surface area contributed by atoms with Crippen LogP contribution >= 0.6 is 11.6 Å². The van der Waals surface area contributed by atoms with Crippen molar-refractivity contribution in [2.45, 2.75) is 51.7 Å². The lowest BCUT2D eigenvalue weighted by Gasteiger charge is -2.33. The molecule has 174 valence electrons. The molecule has 1 amide bonds. The van der Waals surface area contributed by atoms with Gasteiger partial charge in [0.15, 0.2) is 0 Å². The van der Waals surface area contributed by atoms with Gasteiger partial charge in [0.1, 0.15) is 18.0 Å². The minimum absolute atomic E-state index is 0.240. The summed E-state index contributed by atoms with van der Waals surface area (Å²) in [5, 5.41) is 5.21. The average Bonchev–Trinajstić information content (AvgIpc) is 3.28. The number of piperidine rings is 1. The van der Waals surface area contributed by atoms with Gasteiger partial charge in [-0.2, -0.15) is 5.10 Å². The molecule has 0 saturated carbocycles. The number of benzene rings is 1. The highest BCUT2D eigenvalue weighted by Gasteiger charge is 2.28. The lowest BCUT2D eigenvalue weighted by Crippen LogP contribution is -2.41. The molecular weight excluding hydrogens is 440 g/mol. The number of pyridine rings is 1. The highest BCUT2D eigenvalue weighted by molar-refractivity contribution is 6.31. The van der Waals surface area contributed by atoms with E-state index < -0.39 is 5.60 Å². The smallest absolute Gasteiger partial charge is 0.410 e. The molecule has 1 fully saturated rings. The Morgan fingerprint density at radius 3 is 2.64 bits per heavy atom. The molecule has 0 N–H and O–H groups in total. The fourth-order valence-corrected chi connectivity index (χ4v) is 3.99. The summed E-state index contributed by atoms with van der Waals surface area (Å²) in [6, 6.07) is 9.52. The van der Waals surface area contributed by atoms with Crippen molar-refractivity contribution in [2.75, 3.05) is 13.1 Å². The molecule has 0 spiro atoms. The monoisotopic (exact) mass is 468 g/mol. The molecule has 0 bridgehead atoms. The second kappa shape index (κ2) is 9.83. The number of carbonyl (C=O) groups excluding carboxylic acids is 1. The first-order valence-corrected chi connectivity index (χ1v) is 11.5. The van der Waals surface area contributed by atoms with E-state index in [2.05, 4.69) is 10.1 Å². The number of likely N-dealkylation sites (tertiary alicyclic amines) is 1. The van der Waals surface area contributed by atoms with Gasteiger partial charge < -0.3 is 14.4 Å². The maximum atomic E-state index is 12.3. The number of rotatable bonds is 5. The van der Waals surface area contributed by atoms with Crippen LogP contribution in [0, 0.1) is 0 Å². The van der Waals surface area contributed by atoms with Crippen molar-refractivity contribution < 1.29 is 14.3 Å². The second-order valence-corrected chi connectivity index (χ2v) is 9.63. The lowest BCUT2D eigenvalue weighted by molar-refractivity contribution is 0.0205. The largest absolute Gasteiger partial charge is 0.487 e. The summed E-state index contributed by atoms with van der Waals surface area (Å²) in [5.41, 5.74) is 2.42. The van der Waals surface area contributed by atoms with Gasteiger partial charge in [0.2, 0.25) is 0 Å². The lowest BCUT2D eigenvalue weighted by atomic mass is 9.92. The van der Waals surface area contributed by atoms with Crippen molar-refractivity contribution in [1.29, 1.82) is 0 Å². The van der Waals surface area contributed by atoms with Crippen LogP contribution in [-0.4, -0.2) is 44.4 Å². The summed E-state index contributed by atoms with van der Waals surface area (Å²) in [4.78, 5) is 18.4. The fourth-order valence-electron chi connectivity index (χ4n) is 3.80. The minimum atomic E-state index is -0.477. The first-order chi connectivity index (χ1) is 15.8. The first kappa shape index (κ1) is 23.1. The molecule has 3 aromatic rings. The molecule has 2 aromatic heterocycles. The van der Waals surface area contributed by atoms with E-state index in [0.29, 0.717) is 36.4 Å². The third kappa shape index (κ3) is 6.05. The Balaban J connectivity index is 1.36. The zero-order valence-corrected chi connectivity index (χ0v) is 20.0. The van der Waals surface area contributed by atoms with Crippen molar-refractivity contribution in [2.24, 2.45) is 0 Å². The van der Waals surface area contributed by atoms with Crippen molar-refractivity contribution in [1.82, 2.24) is 19.7 Å². The minimum Gasteiger partial charge on any atom is -0.487 e. The van der Waals surface area contributed by atoms with Crippen LogP contribution in [-0.2, 0) is 11.3 Å². The summed E-state index contributed by atoms with van der Waals surface area (Å²) in [6.45, 7) is 7.38. The van der Waals surface area contributed by atoms with E-state index in [1.165, 1.54) is 0 Å². The van der Waals surface area contributed by atoms with Crippen molar-refractivity contribution >= 4 is 17.7 Å². The summed E-state index contributed by atoms with van der Waals surface area (Å²) in [5.74, 6) is 1.00. The highest BCUT2D eigenvalue weighted by Crippen LogP contribution is 2.29. The Morgan fingerprint density at radius 1 is 1.15 bits per heavy atom. The molecule has 33 heavy (non-hydrogen) atoms. The number of carbonyl (C=O) groups is 1. The van der Waals surface area contributed by atoms with Gasteiger partial charge in [-0.25, -0.2) is 9.48 Å². The van der Waals surface area contributed by atoms with Gasteiger partial charge in [0.25, 0.3) is 0 Å². The van der Waals surface area contributed by atoms with Crippen LogP contribution in [0.1, 0.15) is 50.7 Å². The molecule has 0 atom stereocenters. The van der Waals surface area contributed by atoms with Crippen LogP contribution in [0.2, 0.25) is 5.02 Å². The van der Waals surface area contributed by atoms with Crippen molar-refractivity contribution in [3.05, 3.63) is 71.3 Å². The van der Waals surface area contributed by atoms with E-state index in [4.69, 9.17) is 21.1 Å². The third-order valence-corrected chi connectivity index (χ3v) is 5.90. The predicted octanol–water partition coefficient (Wildman–Crippen LogP) is 5.61. The molecule has 1 saturated heterocycles. The van der Waals surface area contributed by atoms with Gasteiger partial charge in [0.05, 0.1) is 24.3 Å². The Morgan fingerprint density at radius 2 is 1.91 bits per heavy atom. The molecule has 0 unspecified atom stereocenters. The molecule has 1 aliphatic heterocycles. The molecule has 0 aliphatic carbocycles. The average molecular weight is 469 g/mol. The maximum absolute atomic E-state index is 12.3. The quantitative estimate of drug-likeness (QED) is 0.486. The van der Waals surface area contributed by atoms with E-state index >= 15 is 0 Å². The van der Waals surface area contributed by atoms with Gasteiger partial charge in [-0.05, 0) is 51.2 Å². The molecule has 1 aliphatic rings. The van der Waals surface area contributed by atoms with Crippen LogP contribution in [0.15, 0.2) is 55.1 Å². The first-order valence-electron chi connectivity index (χ1n) is 11.1. The Kier molecular flexibility index (Phi) is 6.88. The number of ether oxygens (including phenoxy) is 2. The van der Waals surface area contributed by atoms with Crippen LogP contribution in [0.3, 0.4) is 0 Å². The predicted molar refractivity (Wildman–Crippen MR) is 127 cm³/mol. The van der Waals surface area contributed by atoms with E-state index in [1.807, 2.05) is 68.2 Å². The summed E-state index contributed by atoms with van der Waals surface area (Å²) < 4.78 is 13.2. The normalized spacial score (nSPS) is 14.8. The fraction of sp³-hybridized carbons (Fsp3) is 0.400. The Hall–Kier alpha value is -3.06. The maximum Gasteiger partial charge on any atom is 0.410 e. The zero-order valence-electron chi connectivity index (χ0n) is 19.2. The number of aromatic nitrogens is 3. The topological polar surface area (TPSA) is 69.5 Å². The molecule has 8 heteroatoms. The summed E-state index contributed by atoms with van der Waals surface area (Å²) in [7, 11) is 0. The van der Waals surface area contributed by atoms with Crippen LogP contribution < -0.4 is 4.74 Å². The van der Waals surface area contributed by atoms with Crippen molar-refractivity contribution in [3.8, 4) is 11.4 Å². The van der Waals surface area contributed by atoms with Gasteiger partial charge in [0, 0.05) is 35.9 Å². The van der Waals surface area contributed by atoms with Crippen LogP contribution in [0.25, 0.3) is 5.69 Å². The molecule has 7 nitrogen and oxygen atoms in total. The molecule has 1 aromatic carbocycles. The highest BCUT2D eigenvalue weighted by atomic mass is 35.5. The second-order valence-electron chi connectivity index (χ2n) is 9.22. The SMILES string of the molecule is CC(C)(C)OC(=O)N1CCC(c2cnn(-c3cncc(OCc4ccccc4Cl)c3)c2)CC1. The number of nitrogens with zero attached hydrogens (tertiary/aromatic N) is 4. The molecule has 4 rings (SSSR count). The van der Waals surface area contributed by atoms with Gasteiger partial charge >= 0.3 is 6.09 Å². The summed E-state index contributed by atoms with van der Waals surface area (Å²) >= 11 is 6.21. The Labute approximate surface area is 199 Å². The molecule has 0 radical (unpaired) electrons. The molecular formula is C25H29ClN4O3. The van der Waals surface area contributed by atoms with Gasteiger partial charge in [-0.15, -0.1) is 0 Å². The van der Waals surface area contributed by atoms with Crippen molar-refractivity contribution in [3.63, 3.8) is 0 Å². The van der Waals surface area contributed by atoms with Crippen LogP contribution in [0.4, 0.5) is 4.79 Å². The summed E-state index contributed by atoms with van der Waals surface area (Å²) in [6.07, 6.45) is 8.88. The van der Waals surface area contributed by atoms with E-state index in [9.17, 15) is 4.79 Å². The van der Waals surface area contributed by atoms with E-state index in [-0.39, 0.29) is 6.09 Å². The van der Waals surface area contributed by atoms with Gasteiger partial charge in [-0.3, -0.25) is 4.98 Å². The van der Waals surface area contributed by atoms with E-state index in [0.717, 1.165) is 29.7 Å². The number of hydrogen-bond donors (Lipinski definition) is 0.